The number of rotatable bonds is 9. The van der Waals surface area contributed by atoms with Crippen LogP contribution in [0.1, 0.15) is 36.0 Å². The smallest absolute Gasteiger partial charge is 0.252 e. The van der Waals surface area contributed by atoms with E-state index in [4.69, 9.17) is 5.73 Å². The van der Waals surface area contributed by atoms with Crippen molar-refractivity contribution >= 4 is 23.2 Å². The fourth-order valence-electron chi connectivity index (χ4n) is 1.53. The van der Waals surface area contributed by atoms with Gasteiger partial charge in [-0.15, -0.1) is 0 Å². The topological polar surface area (TPSA) is 84.2 Å². The van der Waals surface area contributed by atoms with Crippen LogP contribution in [-0.2, 0) is 4.79 Å². The highest BCUT2D eigenvalue weighted by molar-refractivity contribution is 7.08. The van der Waals surface area contributed by atoms with E-state index in [-0.39, 0.29) is 11.8 Å². The lowest BCUT2D eigenvalue weighted by atomic mass is 10.2. The van der Waals surface area contributed by atoms with Crippen molar-refractivity contribution in [2.45, 2.75) is 25.7 Å². The Morgan fingerprint density at radius 2 is 1.95 bits per heavy atom. The van der Waals surface area contributed by atoms with Crippen molar-refractivity contribution in [2.24, 2.45) is 5.73 Å². The van der Waals surface area contributed by atoms with Gasteiger partial charge in [-0.05, 0) is 37.3 Å². The van der Waals surface area contributed by atoms with Crippen molar-refractivity contribution in [3.63, 3.8) is 0 Å². The second kappa shape index (κ2) is 9.52. The molecule has 0 aromatic carbocycles. The summed E-state index contributed by atoms with van der Waals surface area (Å²) in [6, 6.07) is 1.78. The van der Waals surface area contributed by atoms with Crippen LogP contribution in [0.4, 0.5) is 0 Å². The third-order valence-electron chi connectivity index (χ3n) is 2.60. The van der Waals surface area contributed by atoms with Crippen molar-refractivity contribution in [1.82, 2.24) is 10.6 Å². The Balaban J connectivity index is 2.01. The molecule has 106 valence electrons. The van der Waals surface area contributed by atoms with E-state index in [2.05, 4.69) is 10.6 Å². The number of unbranched alkanes of at least 4 members (excludes halogenated alkanes) is 1. The maximum Gasteiger partial charge on any atom is 0.252 e. The molecule has 0 radical (unpaired) electrons. The molecule has 0 fully saturated rings. The highest BCUT2D eigenvalue weighted by Crippen LogP contribution is 2.05. The molecular weight excluding hydrogens is 262 g/mol. The van der Waals surface area contributed by atoms with Gasteiger partial charge in [0.15, 0.2) is 0 Å². The fourth-order valence-corrected chi connectivity index (χ4v) is 2.17. The van der Waals surface area contributed by atoms with Crippen LogP contribution in [0.2, 0.25) is 0 Å². The molecule has 0 aliphatic heterocycles. The second-order valence-electron chi connectivity index (χ2n) is 4.22. The van der Waals surface area contributed by atoms with Gasteiger partial charge in [0, 0.05) is 30.5 Å². The Hall–Kier alpha value is -1.40. The summed E-state index contributed by atoms with van der Waals surface area (Å²) in [4.78, 5) is 23.0. The minimum Gasteiger partial charge on any atom is -0.356 e. The van der Waals surface area contributed by atoms with Crippen molar-refractivity contribution in [2.75, 3.05) is 19.6 Å². The Bertz CT molecular complexity index is 379. The number of carbonyl (C=O) groups is 2. The summed E-state index contributed by atoms with van der Waals surface area (Å²) < 4.78 is 0. The average molecular weight is 283 g/mol. The molecule has 1 rings (SSSR count). The Labute approximate surface area is 117 Å². The lowest BCUT2D eigenvalue weighted by Gasteiger charge is -2.05. The van der Waals surface area contributed by atoms with Crippen LogP contribution >= 0.6 is 11.3 Å². The molecule has 1 aromatic heterocycles. The normalized spacial score (nSPS) is 10.2. The summed E-state index contributed by atoms with van der Waals surface area (Å²) in [5.74, 6) is -0.0496. The van der Waals surface area contributed by atoms with Crippen LogP contribution in [0, 0.1) is 0 Å². The van der Waals surface area contributed by atoms with Crippen molar-refractivity contribution in [3.8, 4) is 0 Å². The van der Waals surface area contributed by atoms with E-state index < -0.39 is 0 Å². The van der Waals surface area contributed by atoms with Gasteiger partial charge in [-0.25, -0.2) is 0 Å². The molecule has 6 heteroatoms. The number of thiophene rings is 1. The average Bonchev–Trinajstić information content (AvgIpc) is 2.93. The number of carbonyl (C=O) groups excluding carboxylic acids is 2. The van der Waals surface area contributed by atoms with Gasteiger partial charge in [0.05, 0.1) is 0 Å². The predicted molar refractivity (Wildman–Crippen MR) is 77.2 cm³/mol. The van der Waals surface area contributed by atoms with E-state index >= 15 is 0 Å². The van der Waals surface area contributed by atoms with Gasteiger partial charge in [0.25, 0.3) is 5.91 Å². The van der Waals surface area contributed by atoms with Crippen LogP contribution in [0.15, 0.2) is 16.8 Å². The van der Waals surface area contributed by atoms with Crippen LogP contribution in [0.25, 0.3) is 0 Å². The van der Waals surface area contributed by atoms with Gasteiger partial charge in [-0.3, -0.25) is 9.59 Å². The van der Waals surface area contributed by atoms with E-state index in [0.717, 1.165) is 12.8 Å². The minimum atomic E-state index is -0.0791. The number of amides is 2. The van der Waals surface area contributed by atoms with E-state index in [1.807, 2.05) is 5.38 Å². The molecule has 0 aliphatic carbocycles. The van der Waals surface area contributed by atoms with Crippen molar-refractivity contribution in [1.29, 1.82) is 0 Å². The van der Waals surface area contributed by atoms with Gasteiger partial charge >= 0.3 is 0 Å². The molecule has 0 aliphatic rings. The molecule has 0 saturated heterocycles. The molecule has 0 bridgehead atoms. The summed E-state index contributed by atoms with van der Waals surface area (Å²) in [5.41, 5.74) is 6.04. The Morgan fingerprint density at radius 3 is 2.63 bits per heavy atom. The largest absolute Gasteiger partial charge is 0.356 e. The first-order chi connectivity index (χ1) is 9.24. The summed E-state index contributed by atoms with van der Waals surface area (Å²) in [7, 11) is 0. The first-order valence-corrected chi connectivity index (χ1v) is 7.45. The molecule has 19 heavy (non-hydrogen) atoms. The Morgan fingerprint density at radius 1 is 1.16 bits per heavy atom. The molecule has 2 amide bonds. The standard InChI is InChI=1S/C13H21N3O2S/c14-6-1-2-7-15-12(17)4-3-8-16-13(18)11-5-9-19-10-11/h5,9-10H,1-4,6-8,14H2,(H,15,17)(H,16,18). The zero-order valence-corrected chi connectivity index (χ0v) is 11.8. The van der Waals surface area contributed by atoms with Crippen LogP contribution in [0.3, 0.4) is 0 Å². The molecule has 1 heterocycles. The lowest BCUT2D eigenvalue weighted by Crippen LogP contribution is -2.28. The van der Waals surface area contributed by atoms with E-state index in [9.17, 15) is 9.59 Å². The third-order valence-corrected chi connectivity index (χ3v) is 3.29. The third kappa shape index (κ3) is 6.93. The minimum absolute atomic E-state index is 0.0294. The number of hydrogen-bond donors (Lipinski definition) is 3. The van der Waals surface area contributed by atoms with Crippen molar-refractivity contribution in [3.05, 3.63) is 22.4 Å². The number of nitrogens with two attached hydrogens (primary N) is 1. The summed E-state index contributed by atoms with van der Waals surface area (Å²) in [6.07, 6.45) is 2.93. The summed E-state index contributed by atoms with van der Waals surface area (Å²) >= 11 is 1.49. The quantitative estimate of drug-likeness (QED) is 0.594. The molecule has 0 atom stereocenters. The van der Waals surface area contributed by atoms with Gasteiger partial charge in [0.2, 0.25) is 5.91 Å². The van der Waals surface area contributed by atoms with Gasteiger partial charge < -0.3 is 16.4 Å². The maximum atomic E-state index is 11.6. The zero-order valence-electron chi connectivity index (χ0n) is 11.0. The fraction of sp³-hybridized carbons (Fsp3) is 0.538. The molecule has 0 spiro atoms. The molecule has 0 saturated carbocycles. The van der Waals surface area contributed by atoms with Gasteiger partial charge in [-0.1, -0.05) is 0 Å². The predicted octanol–water partition coefficient (Wildman–Crippen LogP) is 1.11. The highest BCUT2D eigenvalue weighted by Gasteiger charge is 2.05. The maximum absolute atomic E-state index is 11.6. The van der Waals surface area contributed by atoms with Gasteiger partial charge in [-0.2, -0.15) is 11.3 Å². The summed E-state index contributed by atoms with van der Waals surface area (Å²) in [6.45, 7) is 1.85. The lowest BCUT2D eigenvalue weighted by molar-refractivity contribution is -0.121. The molecule has 4 N–H and O–H groups in total. The first-order valence-electron chi connectivity index (χ1n) is 6.51. The molecule has 0 unspecified atom stereocenters. The zero-order chi connectivity index (χ0) is 13.9. The molecular formula is C13H21N3O2S. The first kappa shape index (κ1) is 15.7. The van der Waals surface area contributed by atoms with Crippen molar-refractivity contribution < 1.29 is 9.59 Å². The Kier molecular flexibility index (Phi) is 7.84. The van der Waals surface area contributed by atoms with E-state index in [0.29, 0.717) is 38.0 Å². The highest BCUT2D eigenvalue weighted by atomic mass is 32.1. The van der Waals surface area contributed by atoms with Crippen LogP contribution in [-0.4, -0.2) is 31.4 Å². The van der Waals surface area contributed by atoms with Crippen LogP contribution in [0.5, 0.6) is 0 Å². The number of nitrogens with one attached hydrogen (secondary N) is 2. The molecule has 5 nitrogen and oxygen atoms in total. The monoisotopic (exact) mass is 283 g/mol. The SMILES string of the molecule is NCCCCNC(=O)CCCNC(=O)c1ccsc1. The van der Waals surface area contributed by atoms with Gasteiger partial charge in [0.1, 0.15) is 0 Å². The van der Waals surface area contributed by atoms with Crippen LogP contribution < -0.4 is 16.4 Å². The van der Waals surface area contributed by atoms with E-state index in [1.54, 1.807) is 11.4 Å². The van der Waals surface area contributed by atoms with E-state index in [1.165, 1.54) is 11.3 Å². The molecule has 1 aromatic rings. The second-order valence-corrected chi connectivity index (χ2v) is 5.00. The summed E-state index contributed by atoms with van der Waals surface area (Å²) in [5, 5.41) is 9.29. The number of hydrogen-bond acceptors (Lipinski definition) is 4.